The van der Waals surface area contributed by atoms with E-state index < -0.39 is 24.2 Å². The Bertz CT molecular complexity index is 1140. The molecule has 170 valence electrons. The standard InChI is InChI=1S/C21H22BrF3N6O/c1-12-14(9-26-30(12)3)11-29(2)20(32)16-10-27-31-18(21(23,24)25)8-17(28-19(16)31)13-4-6-15(22)7-5-13/h4-7,9-10,17-18,28H,8,11H2,1-3H3/t17-,18-/m1/s1. The van der Waals surface area contributed by atoms with Crippen LogP contribution in [0.25, 0.3) is 0 Å². The van der Waals surface area contributed by atoms with Crippen molar-refractivity contribution >= 4 is 27.7 Å². The van der Waals surface area contributed by atoms with Crippen LogP contribution in [-0.4, -0.2) is 43.6 Å². The Kier molecular flexibility index (Phi) is 5.78. The quantitative estimate of drug-likeness (QED) is 0.556. The third-order valence-corrected chi connectivity index (χ3v) is 6.36. The number of hydrogen-bond donors (Lipinski definition) is 1. The lowest BCUT2D eigenvalue weighted by Gasteiger charge is -2.34. The number of nitrogens with zero attached hydrogens (tertiary/aromatic N) is 5. The number of fused-ring (bicyclic) bond motifs is 1. The highest BCUT2D eigenvalue weighted by atomic mass is 79.9. The molecule has 2 aromatic heterocycles. The van der Waals surface area contributed by atoms with Crippen molar-refractivity contribution in [2.24, 2.45) is 7.05 Å². The topological polar surface area (TPSA) is 68.0 Å². The lowest BCUT2D eigenvalue weighted by molar-refractivity contribution is -0.173. The van der Waals surface area contributed by atoms with Crippen molar-refractivity contribution in [2.45, 2.75) is 38.1 Å². The number of carbonyl (C=O) groups excluding carboxylic acids is 1. The molecule has 3 aromatic rings. The Hall–Kier alpha value is -2.82. The molecule has 1 aliphatic heterocycles. The first-order chi connectivity index (χ1) is 15.1. The third-order valence-electron chi connectivity index (χ3n) is 5.83. The summed E-state index contributed by atoms with van der Waals surface area (Å²) in [5, 5.41) is 11.2. The molecule has 1 N–H and O–H groups in total. The predicted octanol–water partition coefficient (Wildman–Crippen LogP) is 4.62. The number of amides is 1. The van der Waals surface area contributed by atoms with Crippen LogP contribution in [0, 0.1) is 6.92 Å². The van der Waals surface area contributed by atoms with E-state index in [1.807, 2.05) is 6.92 Å². The van der Waals surface area contributed by atoms with E-state index in [-0.39, 0.29) is 24.3 Å². The summed E-state index contributed by atoms with van der Waals surface area (Å²) >= 11 is 3.34. The summed E-state index contributed by atoms with van der Waals surface area (Å²) in [6, 6.07) is 4.64. The van der Waals surface area contributed by atoms with Crippen molar-refractivity contribution in [3.8, 4) is 0 Å². The van der Waals surface area contributed by atoms with Gasteiger partial charge in [-0.1, -0.05) is 28.1 Å². The molecular formula is C21H22BrF3N6O. The molecule has 32 heavy (non-hydrogen) atoms. The Morgan fingerprint density at radius 1 is 1.25 bits per heavy atom. The van der Waals surface area contributed by atoms with Gasteiger partial charge in [-0.15, -0.1) is 0 Å². The fourth-order valence-electron chi connectivity index (χ4n) is 3.87. The molecule has 0 unspecified atom stereocenters. The number of carbonyl (C=O) groups is 1. The monoisotopic (exact) mass is 510 g/mol. The summed E-state index contributed by atoms with van der Waals surface area (Å²) in [4.78, 5) is 14.6. The van der Waals surface area contributed by atoms with Gasteiger partial charge in [-0.05, 0) is 24.6 Å². The molecule has 11 heteroatoms. The second-order valence-corrected chi connectivity index (χ2v) is 8.85. The highest BCUT2D eigenvalue weighted by Gasteiger charge is 2.47. The number of rotatable bonds is 4. The maximum absolute atomic E-state index is 13.9. The third kappa shape index (κ3) is 4.13. The van der Waals surface area contributed by atoms with Gasteiger partial charge in [0.2, 0.25) is 0 Å². The number of aryl methyl sites for hydroxylation is 1. The fraction of sp³-hybridized carbons (Fsp3) is 0.381. The number of aromatic nitrogens is 4. The number of benzene rings is 1. The van der Waals surface area contributed by atoms with Crippen molar-refractivity contribution < 1.29 is 18.0 Å². The fourth-order valence-corrected chi connectivity index (χ4v) is 4.13. The SMILES string of the molecule is Cc1c(CN(C)C(=O)c2cnn3c2N[C@@H](c2ccc(Br)cc2)C[C@@H]3C(F)(F)F)cnn1C. The molecule has 0 bridgehead atoms. The van der Waals surface area contributed by atoms with Gasteiger partial charge in [-0.25, -0.2) is 4.68 Å². The molecular weight excluding hydrogens is 489 g/mol. The van der Waals surface area contributed by atoms with Crippen LogP contribution >= 0.6 is 15.9 Å². The van der Waals surface area contributed by atoms with Crippen LogP contribution in [0.5, 0.6) is 0 Å². The number of anilines is 1. The summed E-state index contributed by atoms with van der Waals surface area (Å²) in [7, 11) is 3.41. The van der Waals surface area contributed by atoms with Gasteiger partial charge >= 0.3 is 6.18 Å². The van der Waals surface area contributed by atoms with Crippen LogP contribution in [0.4, 0.5) is 19.0 Å². The first-order valence-corrected chi connectivity index (χ1v) is 10.7. The Balaban J connectivity index is 1.66. The van der Waals surface area contributed by atoms with Crippen LogP contribution in [0.2, 0.25) is 0 Å². The second kappa shape index (κ2) is 8.27. The number of alkyl halides is 3. The van der Waals surface area contributed by atoms with Crippen LogP contribution in [0.15, 0.2) is 41.1 Å². The molecule has 0 aliphatic carbocycles. The van der Waals surface area contributed by atoms with E-state index in [1.54, 1.807) is 49.2 Å². The minimum absolute atomic E-state index is 0.0752. The lowest BCUT2D eigenvalue weighted by atomic mass is 9.96. The van der Waals surface area contributed by atoms with Crippen LogP contribution in [0.1, 0.15) is 45.7 Å². The van der Waals surface area contributed by atoms with E-state index >= 15 is 0 Å². The molecule has 0 saturated heterocycles. The largest absolute Gasteiger partial charge is 0.410 e. The Labute approximate surface area is 191 Å². The van der Waals surface area contributed by atoms with Crippen molar-refractivity contribution in [1.29, 1.82) is 0 Å². The van der Waals surface area contributed by atoms with Gasteiger partial charge in [-0.3, -0.25) is 9.48 Å². The van der Waals surface area contributed by atoms with Gasteiger partial charge in [0.05, 0.1) is 18.4 Å². The van der Waals surface area contributed by atoms with Crippen molar-refractivity contribution in [3.63, 3.8) is 0 Å². The maximum atomic E-state index is 13.9. The van der Waals surface area contributed by atoms with Crippen molar-refractivity contribution in [2.75, 3.05) is 12.4 Å². The van der Waals surface area contributed by atoms with Gasteiger partial charge in [0, 0.05) is 42.8 Å². The highest BCUT2D eigenvalue weighted by Crippen LogP contribution is 2.44. The Morgan fingerprint density at radius 2 is 1.94 bits per heavy atom. The molecule has 1 aromatic carbocycles. The normalized spacial score (nSPS) is 18.2. The van der Waals surface area contributed by atoms with E-state index in [9.17, 15) is 18.0 Å². The Morgan fingerprint density at radius 3 is 2.53 bits per heavy atom. The molecule has 0 fully saturated rings. The molecule has 0 saturated carbocycles. The van der Waals surface area contributed by atoms with E-state index in [0.717, 1.165) is 20.4 Å². The first kappa shape index (κ1) is 22.4. The van der Waals surface area contributed by atoms with Gasteiger partial charge in [-0.2, -0.15) is 23.4 Å². The molecule has 1 aliphatic rings. The van der Waals surface area contributed by atoms with E-state index in [1.165, 1.54) is 11.1 Å². The number of nitrogens with one attached hydrogen (secondary N) is 1. The lowest BCUT2D eigenvalue weighted by Crippen LogP contribution is -2.36. The molecule has 0 radical (unpaired) electrons. The zero-order valence-electron chi connectivity index (χ0n) is 17.7. The smallest absolute Gasteiger partial charge is 0.363 e. The minimum atomic E-state index is -4.50. The van der Waals surface area contributed by atoms with Crippen LogP contribution in [0.3, 0.4) is 0 Å². The zero-order chi connectivity index (χ0) is 23.2. The molecule has 1 amide bonds. The molecule has 3 heterocycles. The molecule has 7 nitrogen and oxygen atoms in total. The van der Waals surface area contributed by atoms with Gasteiger partial charge in [0.25, 0.3) is 5.91 Å². The van der Waals surface area contributed by atoms with Crippen molar-refractivity contribution in [1.82, 2.24) is 24.5 Å². The zero-order valence-corrected chi connectivity index (χ0v) is 19.3. The first-order valence-electron chi connectivity index (χ1n) is 9.95. The van der Waals surface area contributed by atoms with E-state index in [2.05, 4.69) is 31.4 Å². The average Bonchev–Trinajstić information content (AvgIpc) is 3.30. The maximum Gasteiger partial charge on any atom is 0.410 e. The predicted molar refractivity (Wildman–Crippen MR) is 116 cm³/mol. The molecule has 2 atom stereocenters. The molecule has 4 rings (SSSR count). The van der Waals surface area contributed by atoms with Crippen molar-refractivity contribution in [3.05, 3.63) is 63.5 Å². The summed E-state index contributed by atoms with van der Waals surface area (Å²) < 4.78 is 45.0. The summed E-state index contributed by atoms with van der Waals surface area (Å²) in [6.07, 6.45) is -1.85. The summed E-state index contributed by atoms with van der Waals surface area (Å²) in [5.74, 6) is -0.342. The van der Waals surface area contributed by atoms with E-state index in [4.69, 9.17) is 0 Å². The van der Waals surface area contributed by atoms with E-state index in [0.29, 0.717) is 5.56 Å². The highest BCUT2D eigenvalue weighted by molar-refractivity contribution is 9.10. The number of hydrogen-bond acceptors (Lipinski definition) is 4. The van der Waals surface area contributed by atoms with Gasteiger partial charge < -0.3 is 10.2 Å². The van der Waals surface area contributed by atoms with Gasteiger partial charge in [0.15, 0.2) is 6.04 Å². The van der Waals surface area contributed by atoms with Gasteiger partial charge in [0.1, 0.15) is 11.4 Å². The minimum Gasteiger partial charge on any atom is -0.363 e. The number of halogens is 4. The average molecular weight is 511 g/mol. The summed E-state index contributed by atoms with van der Waals surface area (Å²) in [5.41, 5.74) is 2.57. The van der Waals surface area contributed by atoms with Crippen LogP contribution < -0.4 is 5.32 Å². The summed E-state index contributed by atoms with van der Waals surface area (Å²) in [6.45, 7) is 2.17. The second-order valence-electron chi connectivity index (χ2n) is 7.93. The van der Waals surface area contributed by atoms with Crippen LogP contribution in [-0.2, 0) is 13.6 Å². The molecule has 0 spiro atoms.